The molecule has 1 fully saturated rings. The Balaban J connectivity index is 1.59. The Morgan fingerprint density at radius 1 is 0.732 bits per heavy atom. The number of rotatable bonds is 12. The highest BCUT2D eigenvalue weighted by Gasteiger charge is 2.36. The van der Waals surface area contributed by atoms with Crippen molar-refractivity contribution >= 4 is 6.08 Å². The van der Waals surface area contributed by atoms with Crippen LogP contribution in [0.3, 0.4) is 0 Å². The van der Waals surface area contributed by atoms with E-state index < -0.39 is 6.10 Å². The van der Waals surface area contributed by atoms with Gasteiger partial charge in [-0.05, 0) is 71.8 Å². The van der Waals surface area contributed by atoms with Gasteiger partial charge in [-0.25, -0.2) is 0 Å². The van der Waals surface area contributed by atoms with E-state index in [2.05, 4.69) is 12.2 Å². The summed E-state index contributed by atoms with van der Waals surface area (Å²) in [6, 6.07) is 17.2. The zero-order valence-electron chi connectivity index (χ0n) is 24.6. The van der Waals surface area contributed by atoms with Crippen LogP contribution in [0.25, 0.3) is 6.08 Å². The van der Waals surface area contributed by atoms with Crippen molar-refractivity contribution < 1.29 is 38.3 Å². The first-order valence-corrected chi connectivity index (χ1v) is 13.6. The van der Waals surface area contributed by atoms with E-state index in [1.807, 2.05) is 54.6 Å². The normalized spacial score (nSPS) is 19.4. The van der Waals surface area contributed by atoms with E-state index in [0.29, 0.717) is 41.1 Å². The van der Waals surface area contributed by atoms with Gasteiger partial charge < -0.3 is 38.3 Å². The van der Waals surface area contributed by atoms with E-state index in [4.69, 9.17) is 33.2 Å². The van der Waals surface area contributed by atoms with Gasteiger partial charge >= 0.3 is 0 Å². The molecule has 41 heavy (non-hydrogen) atoms. The Labute approximate surface area is 242 Å². The highest BCUT2D eigenvalue weighted by Crippen LogP contribution is 2.44. The van der Waals surface area contributed by atoms with Crippen LogP contribution in [0.1, 0.15) is 41.7 Å². The van der Waals surface area contributed by atoms with E-state index in [9.17, 15) is 5.11 Å². The van der Waals surface area contributed by atoms with Crippen LogP contribution in [-0.2, 0) is 4.74 Å². The fourth-order valence-corrected chi connectivity index (χ4v) is 5.43. The Morgan fingerprint density at radius 2 is 1.29 bits per heavy atom. The fourth-order valence-electron chi connectivity index (χ4n) is 5.43. The van der Waals surface area contributed by atoms with Crippen molar-refractivity contribution in [2.75, 3.05) is 49.3 Å². The predicted molar refractivity (Wildman–Crippen MR) is 158 cm³/mol. The van der Waals surface area contributed by atoms with Gasteiger partial charge in [0.05, 0.1) is 61.5 Å². The SMILES string of the molecule is COc1ccc(/C=C/C[C@H]2C[C@@H]([C@H](O)c3ccc(OC)c(OC)c3)CO[C@@H]2c2ccc(OC)c(OC)c2)cc1OC. The predicted octanol–water partition coefficient (Wildman–Crippen LogP) is 6.27. The van der Waals surface area contributed by atoms with E-state index in [-0.39, 0.29) is 17.9 Å². The summed E-state index contributed by atoms with van der Waals surface area (Å²) in [7, 11) is 9.68. The van der Waals surface area contributed by atoms with Crippen molar-refractivity contribution in [1.29, 1.82) is 0 Å². The third kappa shape index (κ3) is 6.89. The molecule has 0 unspecified atom stereocenters. The maximum Gasteiger partial charge on any atom is 0.161 e. The van der Waals surface area contributed by atoms with Gasteiger partial charge in [0, 0.05) is 5.92 Å². The molecule has 4 rings (SSSR count). The Kier molecular flexibility index (Phi) is 10.4. The summed E-state index contributed by atoms with van der Waals surface area (Å²) in [6.07, 6.45) is 4.81. The molecule has 1 aliphatic rings. The van der Waals surface area contributed by atoms with Crippen molar-refractivity contribution in [2.45, 2.75) is 25.0 Å². The molecular formula is C33H40O8. The van der Waals surface area contributed by atoms with Crippen LogP contribution >= 0.6 is 0 Å². The number of aliphatic hydroxyl groups excluding tert-OH is 1. The van der Waals surface area contributed by atoms with Gasteiger partial charge in [0.1, 0.15) is 0 Å². The second-order valence-corrected chi connectivity index (χ2v) is 9.94. The first kappa shape index (κ1) is 30.1. The summed E-state index contributed by atoms with van der Waals surface area (Å²) in [4.78, 5) is 0. The molecule has 1 heterocycles. The molecule has 220 valence electrons. The average Bonchev–Trinajstić information content (AvgIpc) is 3.03. The van der Waals surface area contributed by atoms with E-state index in [1.165, 1.54) is 0 Å². The molecular weight excluding hydrogens is 524 g/mol. The number of hydrogen-bond acceptors (Lipinski definition) is 8. The number of ether oxygens (including phenoxy) is 7. The first-order valence-electron chi connectivity index (χ1n) is 13.6. The van der Waals surface area contributed by atoms with Gasteiger partial charge in [0.25, 0.3) is 0 Å². The minimum atomic E-state index is -0.724. The molecule has 0 aliphatic carbocycles. The van der Waals surface area contributed by atoms with Crippen molar-refractivity contribution in [3.63, 3.8) is 0 Å². The lowest BCUT2D eigenvalue weighted by molar-refractivity contribution is -0.0901. The van der Waals surface area contributed by atoms with Crippen LogP contribution in [-0.4, -0.2) is 54.4 Å². The molecule has 8 nitrogen and oxygen atoms in total. The molecule has 3 aromatic rings. The van der Waals surface area contributed by atoms with Gasteiger partial charge in [-0.2, -0.15) is 0 Å². The second-order valence-electron chi connectivity index (χ2n) is 9.94. The molecule has 1 saturated heterocycles. The largest absolute Gasteiger partial charge is 0.493 e. The van der Waals surface area contributed by atoms with Crippen LogP contribution < -0.4 is 28.4 Å². The van der Waals surface area contributed by atoms with Crippen LogP contribution in [0.15, 0.2) is 60.7 Å². The van der Waals surface area contributed by atoms with Crippen LogP contribution in [0.4, 0.5) is 0 Å². The van der Waals surface area contributed by atoms with Crippen LogP contribution in [0, 0.1) is 11.8 Å². The summed E-state index contributed by atoms with van der Waals surface area (Å²) < 4.78 is 39.1. The zero-order chi connectivity index (χ0) is 29.4. The summed E-state index contributed by atoms with van der Waals surface area (Å²) in [5.41, 5.74) is 2.77. The fraction of sp³-hybridized carbons (Fsp3) is 0.394. The molecule has 0 bridgehead atoms. The summed E-state index contributed by atoms with van der Waals surface area (Å²) in [6.45, 7) is 0.407. The number of methoxy groups -OCH3 is 6. The maximum atomic E-state index is 11.4. The number of allylic oxidation sites excluding steroid dienone is 1. The van der Waals surface area contributed by atoms with E-state index in [0.717, 1.165) is 29.5 Å². The molecule has 0 radical (unpaired) electrons. The van der Waals surface area contributed by atoms with Gasteiger partial charge in [-0.15, -0.1) is 0 Å². The molecule has 3 aromatic carbocycles. The monoisotopic (exact) mass is 564 g/mol. The van der Waals surface area contributed by atoms with Crippen LogP contribution in [0.5, 0.6) is 34.5 Å². The molecule has 0 saturated carbocycles. The topological polar surface area (TPSA) is 84.8 Å². The lowest BCUT2D eigenvalue weighted by atomic mass is 9.79. The third-order valence-electron chi connectivity index (χ3n) is 7.61. The summed E-state index contributed by atoms with van der Waals surface area (Å²) in [5.74, 6) is 3.87. The smallest absolute Gasteiger partial charge is 0.161 e. The standard InChI is InChI=1S/C33H40O8/c1-35-26-13-10-21(16-29(26)38-4)8-7-9-23-17-25(32(34)22-11-14-27(36-2)30(18-22)39-5)20-41-33(23)24-12-15-28(37-3)31(19-24)40-6/h7-8,10-16,18-19,23,25,32-34H,9,17,20H2,1-6H3/b8-7+/t23-,25+,32+,33-/m0/s1. The molecule has 4 atom stereocenters. The van der Waals surface area contributed by atoms with Crippen molar-refractivity contribution in [2.24, 2.45) is 11.8 Å². The summed E-state index contributed by atoms with van der Waals surface area (Å²) >= 11 is 0. The van der Waals surface area contributed by atoms with Gasteiger partial charge in [0.2, 0.25) is 0 Å². The third-order valence-corrected chi connectivity index (χ3v) is 7.61. The van der Waals surface area contributed by atoms with Gasteiger partial charge in [0.15, 0.2) is 34.5 Å². The maximum absolute atomic E-state index is 11.4. The molecule has 1 aliphatic heterocycles. The van der Waals surface area contributed by atoms with Crippen molar-refractivity contribution in [1.82, 2.24) is 0 Å². The molecule has 8 heteroatoms. The number of benzene rings is 3. The minimum Gasteiger partial charge on any atom is -0.493 e. The Morgan fingerprint density at radius 3 is 1.93 bits per heavy atom. The Bertz CT molecular complexity index is 1320. The van der Waals surface area contributed by atoms with Crippen LogP contribution in [0.2, 0.25) is 0 Å². The molecule has 0 spiro atoms. The van der Waals surface area contributed by atoms with E-state index >= 15 is 0 Å². The highest BCUT2D eigenvalue weighted by molar-refractivity contribution is 5.56. The zero-order valence-corrected chi connectivity index (χ0v) is 24.6. The molecule has 0 aromatic heterocycles. The lowest BCUT2D eigenvalue weighted by Crippen LogP contribution is -2.32. The lowest BCUT2D eigenvalue weighted by Gasteiger charge is -2.38. The minimum absolute atomic E-state index is 0.0954. The second kappa shape index (κ2) is 14.1. The average molecular weight is 565 g/mol. The highest BCUT2D eigenvalue weighted by atomic mass is 16.5. The molecule has 1 N–H and O–H groups in total. The summed E-state index contributed by atoms with van der Waals surface area (Å²) in [5, 5.41) is 11.4. The molecule has 0 amide bonds. The van der Waals surface area contributed by atoms with Gasteiger partial charge in [-0.3, -0.25) is 0 Å². The van der Waals surface area contributed by atoms with E-state index in [1.54, 1.807) is 42.7 Å². The number of hydrogen-bond donors (Lipinski definition) is 1. The first-order chi connectivity index (χ1) is 20.0. The number of aliphatic hydroxyl groups is 1. The van der Waals surface area contributed by atoms with Gasteiger partial charge in [-0.1, -0.05) is 30.4 Å². The van der Waals surface area contributed by atoms with Crippen molar-refractivity contribution in [3.05, 3.63) is 77.4 Å². The Hall–Kier alpha value is -3.88. The quantitative estimate of drug-likeness (QED) is 0.276. The van der Waals surface area contributed by atoms with Crippen molar-refractivity contribution in [3.8, 4) is 34.5 Å².